The standard InChI is InChI=1S/C61H40N2O/c1-3-16-43(17-4-1)61(55-26-11-7-22-49(55)50-23-8-12-27-56(50)61)44-18-15-21-47(39-44)62(48-35-37-54-53-25-10-14-29-59(53)64-60(54)40-48)46-33-30-41(31-34-46)42-32-36-52-51-24-9-13-28-57(51)63(58(52)38-42)45-19-5-2-6-20-45/h1-40H. The Morgan fingerprint density at radius 1 is 0.344 bits per heavy atom. The summed E-state index contributed by atoms with van der Waals surface area (Å²) in [5.74, 6) is 0. The number of nitrogens with zero attached hydrogens (tertiary/aromatic N) is 2. The fraction of sp³-hybridized carbons (Fsp3) is 0.0164. The Morgan fingerprint density at radius 2 is 0.906 bits per heavy atom. The van der Waals surface area contributed by atoms with Crippen LogP contribution in [0.1, 0.15) is 22.3 Å². The third kappa shape index (κ3) is 5.41. The molecule has 0 N–H and O–H groups in total. The van der Waals surface area contributed by atoms with Crippen LogP contribution < -0.4 is 4.90 Å². The zero-order valence-corrected chi connectivity index (χ0v) is 34.9. The van der Waals surface area contributed by atoms with E-state index in [4.69, 9.17) is 4.42 Å². The van der Waals surface area contributed by atoms with Gasteiger partial charge in [0.25, 0.3) is 0 Å². The molecular weight excluding hydrogens is 777 g/mol. The molecule has 1 aliphatic rings. The molecule has 13 rings (SSSR count). The van der Waals surface area contributed by atoms with Crippen LogP contribution in [0.2, 0.25) is 0 Å². The molecule has 12 aromatic rings. The number of fused-ring (bicyclic) bond motifs is 9. The molecule has 3 heteroatoms. The van der Waals surface area contributed by atoms with Crippen LogP contribution in [0.5, 0.6) is 0 Å². The minimum absolute atomic E-state index is 0.524. The molecule has 0 atom stereocenters. The second kappa shape index (κ2) is 14.3. The van der Waals surface area contributed by atoms with Crippen molar-refractivity contribution in [1.82, 2.24) is 4.57 Å². The lowest BCUT2D eigenvalue weighted by Crippen LogP contribution is -2.28. The van der Waals surface area contributed by atoms with Crippen molar-refractivity contribution in [3.63, 3.8) is 0 Å². The number of para-hydroxylation sites is 3. The number of hydrogen-bond donors (Lipinski definition) is 0. The molecule has 0 saturated heterocycles. The van der Waals surface area contributed by atoms with Crippen LogP contribution in [0, 0.1) is 0 Å². The van der Waals surface area contributed by atoms with Crippen LogP contribution in [0.4, 0.5) is 17.1 Å². The fourth-order valence-electron chi connectivity index (χ4n) is 10.7. The SMILES string of the molecule is c1ccc(-n2c3ccccc3c3ccc(-c4ccc(N(c5cccc(C6(c7ccccc7)c7ccccc7-c7ccccc76)c5)c5ccc6c(c5)oc5ccccc56)cc4)cc32)cc1. The van der Waals surface area contributed by atoms with Crippen molar-refractivity contribution in [3.05, 3.63) is 265 Å². The average Bonchev–Trinajstić information content (AvgIpc) is 4.01. The van der Waals surface area contributed by atoms with E-state index in [0.717, 1.165) is 50.3 Å². The van der Waals surface area contributed by atoms with Crippen molar-refractivity contribution in [2.75, 3.05) is 4.90 Å². The lowest BCUT2D eigenvalue weighted by Gasteiger charge is -2.35. The van der Waals surface area contributed by atoms with Gasteiger partial charge in [-0.05, 0) is 111 Å². The van der Waals surface area contributed by atoms with Gasteiger partial charge in [0.1, 0.15) is 11.2 Å². The summed E-state index contributed by atoms with van der Waals surface area (Å²) < 4.78 is 8.90. The smallest absolute Gasteiger partial charge is 0.137 e. The quantitative estimate of drug-likeness (QED) is 0.160. The fourth-order valence-corrected chi connectivity index (χ4v) is 10.7. The monoisotopic (exact) mass is 816 g/mol. The minimum Gasteiger partial charge on any atom is -0.456 e. The van der Waals surface area contributed by atoms with E-state index in [-0.39, 0.29) is 0 Å². The molecule has 10 aromatic carbocycles. The highest BCUT2D eigenvalue weighted by Gasteiger charge is 2.46. The summed E-state index contributed by atoms with van der Waals surface area (Å²) in [4.78, 5) is 2.38. The van der Waals surface area contributed by atoms with E-state index in [1.165, 1.54) is 60.8 Å². The highest BCUT2D eigenvalue weighted by molar-refractivity contribution is 6.10. The Kier molecular flexibility index (Phi) is 8.13. The molecule has 2 aromatic heterocycles. The van der Waals surface area contributed by atoms with E-state index in [0.29, 0.717) is 0 Å². The van der Waals surface area contributed by atoms with E-state index in [1.807, 2.05) is 12.1 Å². The van der Waals surface area contributed by atoms with Crippen molar-refractivity contribution < 1.29 is 4.42 Å². The van der Waals surface area contributed by atoms with E-state index >= 15 is 0 Å². The van der Waals surface area contributed by atoms with Crippen molar-refractivity contribution in [2.24, 2.45) is 0 Å². The number of hydrogen-bond acceptors (Lipinski definition) is 2. The topological polar surface area (TPSA) is 21.3 Å². The summed E-state index contributed by atoms with van der Waals surface area (Å²) in [6, 6.07) is 88.3. The predicted molar refractivity (Wildman–Crippen MR) is 265 cm³/mol. The van der Waals surface area contributed by atoms with Gasteiger partial charge in [0.05, 0.1) is 16.4 Å². The third-order valence-corrected chi connectivity index (χ3v) is 13.5. The van der Waals surface area contributed by atoms with Gasteiger partial charge in [0.2, 0.25) is 0 Å². The van der Waals surface area contributed by atoms with E-state index in [2.05, 4.69) is 240 Å². The first kappa shape index (κ1) is 36.3. The zero-order valence-electron chi connectivity index (χ0n) is 34.9. The van der Waals surface area contributed by atoms with E-state index in [1.54, 1.807) is 0 Å². The molecule has 3 nitrogen and oxygen atoms in total. The minimum atomic E-state index is -0.524. The number of aromatic nitrogens is 1. The van der Waals surface area contributed by atoms with Gasteiger partial charge in [0, 0.05) is 50.4 Å². The summed E-state index contributed by atoms with van der Waals surface area (Å²) in [7, 11) is 0. The van der Waals surface area contributed by atoms with Gasteiger partial charge in [-0.1, -0.05) is 170 Å². The third-order valence-electron chi connectivity index (χ3n) is 13.5. The van der Waals surface area contributed by atoms with Crippen molar-refractivity contribution in [2.45, 2.75) is 5.41 Å². The molecule has 0 spiro atoms. The first-order valence-corrected chi connectivity index (χ1v) is 22.0. The summed E-state index contributed by atoms with van der Waals surface area (Å²) in [5, 5.41) is 4.72. The molecule has 300 valence electrons. The molecular formula is C61H40N2O. The van der Waals surface area contributed by atoms with Crippen LogP contribution in [-0.2, 0) is 5.41 Å². The van der Waals surface area contributed by atoms with Crippen LogP contribution in [-0.4, -0.2) is 4.57 Å². The summed E-state index contributed by atoms with van der Waals surface area (Å²) in [6.45, 7) is 0. The van der Waals surface area contributed by atoms with Gasteiger partial charge in [-0.3, -0.25) is 0 Å². The Morgan fingerprint density at radius 3 is 1.69 bits per heavy atom. The first-order valence-electron chi connectivity index (χ1n) is 22.0. The van der Waals surface area contributed by atoms with Gasteiger partial charge in [-0.15, -0.1) is 0 Å². The van der Waals surface area contributed by atoms with Gasteiger partial charge < -0.3 is 13.9 Å². The van der Waals surface area contributed by atoms with Crippen LogP contribution in [0.15, 0.2) is 247 Å². The zero-order chi connectivity index (χ0) is 42.2. The van der Waals surface area contributed by atoms with Crippen molar-refractivity contribution >= 4 is 60.8 Å². The predicted octanol–water partition coefficient (Wildman–Crippen LogP) is 16.2. The summed E-state index contributed by atoms with van der Waals surface area (Å²) in [5.41, 5.74) is 17.8. The Hall–Kier alpha value is -8.40. The van der Waals surface area contributed by atoms with Crippen LogP contribution >= 0.6 is 0 Å². The highest BCUT2D eigenvalue weighted by Crippen LogP contribution is 2.56. The maximum absolute atomic E-state index is 6.52. The average molecular weight is 817 g/mol. The number of anilines is 3. The largest absolute Gasteiger partial charge is 0.456 e. The molecule has 64 heavy (non-hydrogen) atoms. The normalized spacial score (nSPS) is 12.8. The van der Waals surface area contributed by atoms with Gasteiger partial charge in [-0.2, -0.15) is 0 Å². The maximum atomic E-state index is 6.52. The Bertz CT molecular complexity index is 3680. The van der Waals surface area contributed by atoms with Crippen LogP contribution in [0.25, 0.3) is 71.7 Å². The molecule has 0 radical (unpaired) electrons. The Labute approximate surface area is 371 Å². The molecule has 0 fully saturated rings. The van der Waals surface area contributed by atoms with Gasteiger partial charge in [0.15, 0.2) is 0 Å². The molecule has 2 heterocycles. The number of rotatable bonds is 7. The van der Waals surface area contributed by atoms with Crippen molar-refractivity contribution in [1.29, 1.82) is 0 Å². The second-order valence-corrected chi connectivity index (χ2v) is 16.8. The molecule has 0 amide bonds. The summed E-state index contributed by atoms with van der Waals surface area (Å²) >= 11 is 0. The lowest BCUT2D eigenvalue weighted by molar-refractivity contribution is 0.669. The first-order chi connectivity index (χ1) is 31.7. The molecule has 0 unspecified atom stereocenters. The molecule has 0 saturated carbocycles. The number of furan rings is 1. The highest BCUT2D eigenvalue weighted by atomic mass is 16.3. The van der Waals surface area contributed by atoms with Gasteiger partial charge in [-0.25, -0.2) is 0 Å². The molecule has 0 bridgehead atoms. The van der Waals surface area contributed by atoms with E-state index in [9.17, 15) is 0 Å². The van der Waals surface area contributed by atoms with Gasteiger partial charge >= 0.3 is 0 Å². The van der Waals surface area contributed by atoms with Crippen molar-refractivity contribution in [3.8, 4) is 27.9 Å². The molecule has 0 aliphatic heterocycles. The van der Waals surface area contributed by atoms with E-state index < -0.39 is 5.41 Å². The summed E-state index contributed by atoms with van der Waals surface area (Å²) in [6.07, 6.45) is 0. The maximum Gasteiger partial charge on any atom is 0.137 e. The number of benzene rings is 10. The van der Waals surface area contributed by atoms with Crippen LogP contribution in [0.3, 0.4) is 0 Å². The lowest BCUT2D eigenvalue weighted by atomic mass is 9.67. The second-order valence-electron chi connectivity index (χ2n) is 16.8. The molecule has 1 aliphatic carbocycles. The Balaban J connectivity index is 0.989.